The highest BCUT2D eigenvalue weighted by molar-refractivity contribution is 6.74. The second-order valence-corrected chi connectivity index (χ2v) is 22.5. The number of urea groups is 1. The molecule has 0 spiro atoms. The molecule has 35 heavy (non-hydrogen) atoms. The molecule has 11 heteroatoms. The molecule has 3 rings (SSSR count). The molecule has 1 fully saturated rings. The van der Waals surface area contributed by atoms with E-state index in [-0.39, 0.29) is 28.3 Å². The largest absolute Gasteiger partial charge is 0.414 e. The zero-order valence-corrected chi connectivity index (χ0v) is 25.3. The van der Waals surface area contributed by atoms with E-state index in [1.807, 2.05) is 0 Å². The molecule has 9 nitrogen and oxygen atoms in total. The molecule has 198 valence electrons. The van der Waals surface area contributed by atoms with Gasteiger partial charge in [0.15, 0.2) is 16.6 Å². The number of hydrogen-bond acceptors (Lipinski definition) is 6. The summed E-state index contributed by atoms with van der Waals surface area (Å²) in [7, 11) is -2.38. The third-order valence-electron chi connectivity index (χ3n) is 8.16. The fourth-order valence-electron chi connectivity index (χ4n) is 3.67. The average molecular weight is 525 g/mol. The number of rotatable bonds is 6. The number of amides is 2. The molecule has 2 aliphatic rings. The monoisotopic (exact) mass is 524 g/mol. The lowest BCUT2D eigenvalue weighted by atomic mass is 10.2. The van der Waals surface area contributed by atoms with Crippen LogP contribution in [-0.2, 0) is 20.1 Å². The van der Waals surface area contributed by atoms with Gasteiger partial charge in [0.05, 0.1) is 19.3 Å². The summed E-state index contributed by atoms with van der Waals surface area (Å²) < 4.78 is 21.3. The number of fused-ring (bicyclic) bond motifs is 1. The van der Waals surface area contributed by atoms with E-state index in [2.05, 4.69) is 78.0 Å². The maximum absolute atomic E-state index is 12.9. The Hall–Kier alpha value is -1.54. The second-order valence-electron chi connectivity index (χ2n) is 12.9. The van der Waals surface area contributed by atoms with Crippen LogP contribution in [0.3, 0.4) is 0 Å². The predicted octanol–water partition coefficient (Wildman–Crippen LogP) is 4.92. The standard InChI is InChI=1S/C24H44N4O5Si2/c1-23(2,3)34(8,9)31-15-18-17(33-35(10,11)24(4,5)6)12-19(32-18)28-14-16-13-27(7)21(29)25-20(16)26-22(28)30/h14,17-19H,12-13,15H2,1-11H3,(H,25,26,29,30)/t17-,18+,19+/m0/s1. The van der Waals surface area contributed by atoms with Gasteiger partial charge in [-0.1, -0.05) is 41.5 Å². The first-order chi connectivity index (χ1) is 15.8. The van der Waals surface area contributed by atoms with E-state index in [4.69, 9.17) is 13.6 Å². The van der Waals surface area contributed by atoms with Crippen molar-refractivity contribution < 1.29 is 18.4 Å². The fraction of sp³-hybridized carbons (Fsp3) is 0.792. The Balaban J connectivity index is 1.89. The molecule has 0 radical (unpaired) electrons. The second kappa shape index (κ2) is 9.40. The molecule has 0 aliphatic carbocycles. The Morgan fingerprint density at radius 1 is 1.09 bits per heavy atom. The van der Waals surface area contributed by atoms with Gasteiger partial charge in [-0.05, 0) is 36.3 Å². The number of nitrogens with one attached hydrogen (secondary N) is 1. The lowest BCUT2D eigenvalue weighted by Gasteiger charge is -2.40. The van der Waals surface area contributed by atoms with Gasteiger partial charge in [0.1, 0.15) is 18.1 Å². The van der Waals surface area contributed by atoms with Crippen LogP contribution in [0.15, 0.2) is 11.0 Å². The molecule has 1 saturated heterocycles. The number of carbonyl (C=O) groups is 1. The van der Waals surface area contributed by atoms with Crippen LogP contribution in [0, 0.1) is 0 Å². The molecule has 2 amide bonds. The third kappa shape index (κ3) is 5.90. The molecule has 0 aromatic carbocycles. The maximum atomic E-state index is 12.9. The van der Waals surface area contributed by atoms with Gasteiger partial charge >= 0.3 is 11.7 Å². The van der Waals surface area contributed by atoms with Crippen molar-refractivity contribution in [2.45, 2.75) is 109 Å². The first kappa shape index (κ1) is 28.0. The number of anilines is 1. The lowest BCUT2D eigenvalue weighted by Crippen LogP contribution is -2.48. The van der Waals surface area contributed by atoms with Crippen LogP contribution in [0.4, 0.5) is 10.6 Å². The smallest absolute Gasteiger partial charge is 0.351 e. The Morgan fingerprint density at radius 3 is 2.26 bits per heavy atom. The van der Waals surface area contributed by atoms with Crippen molar-refractivity contribution in [1.82, 2.24) is 14.5 Å². The van der Waals surface area contributed by atoms with Gasteiger partial charge in [-0.15, -0.1) is 0 Å². The van der Waals surface area contributed by atoms with Gasteiger partial charge in [0, 0.05) is 25.2 Å². The van der Waals surface area contributed by atoms with E-state index in [0.29, 0.717) is 25.4 Å². The van der Waals surface area contributed by atoms with E-state index < -0.39 is 28.6 Å². The van der Waals surface area contributed by atoms with Crippen molar-refractivity contribution >= 4 is 28.5 Å². The van der Waals surface area contributed by atoms with Crippen molar-refractivity contribution in [2.75, 3.05) is 19.0 Å². The normalized spacial score (nSPS) is 23.9. The average Bonchev–Trinajstić information content (AvgIpc) is 3.07. The maximum Gasteiger partial charge on any atom is 0.351 e. The van der Waals surface area contributed by atoms with E-state index in [1.165, 1.54) is 0 Å². The summed E-state index contributed by atoms with van der Waals surface area (Å²) >= 11 is 0. The number of hydrogen-bond donors (Lipinski definition) is 1. The Kier molecular flexibility index (Phi) is 7.53. The highest BCUT2D eigenvalue weighted by Gasteiger charge is 2.47. The summed E-state index contributed by atoms with van der Waals surface area (Å²) in [5, 5.41) is 2.80. The highest BCUT2D eigenvalue weighted by Crippen LogP contribution is 2.42. The predicted molar refractivity (Wildman–Crippen MR) is 143 cm³/mol. The molecule has 3 heterocycles. The van der Waals surface area contributed by atoms with Crippen LogP contribution in [0.1, 0.15) is 59.8 Å². The van der Waals surface area contributed by atoms with E-state index in [0.717, 1.165) is 5.56 Å². The SMILES string of the molecule is CN1Cc2cn([C@H]3C[C@H](O[Si](C)(C)C(C)(C)C)[C@@H](CO[Si](C)(C)C(C)(C)C)O3)c(=O)nc2NC1=O. The minimum Gasteiger partial charge on any atom is -0.414 e. The van der Waals surface area contributed by atoms with Crippen LogP contribution < -0.4 is 11.0 Å². The zero-order chi connectivity index (χ0) is 26.6. The van der Waals surface area contributed by atoms with Gasteiger partial charge in [-0.25, -0.2) is 9.59 Å². The van der Waals surface area contributed by atoms with Gasteiger partial charge in [-0.3, -0.25) is 9.88 Å². The molecular weight excluding hydrogens is 480 g/mol. The molecule has 1 aromatic rings. The molecular formula is C24H44N4O5Si2. The first-order valence-electron chi connectivity index (χ1n) is 12.4. The van der Waals surface area contributed by atoms with Crippen LogP contribution in [0.25, 0.3) is 0 Å². The lowest BCUT2D eigenvalue weighted by molar-refractivity contribution is -0.0412. The quantitative estimate of drug-likeness (QED) is 0.531. The Labute approximate surface area is 211 Å². The van der Waals surface area contributed by atoms with Crippen LogP contribution in [0.5, 0.6) is 0 Å². The van der Waals surface area contributed by atoms with Crippen LogP contribution in [-0.4, -0.2) is 63.0 Å². The molecule has 1 aromatic heterocycles. The van der Waals surface area contributed by atoms with Gasteiger partial charge < -0.3 is 18.5 Å². The molecule has 0 bridgehead atoms. The van der Waals surface area contributed by atoms with Gasteiger partial charge in [0.2, 0.25) is 0 Å². The summed E-state index contributed by atoms with van der Waals surface area (Å²) in [6, 6.07) is -0.273. The first-order valence-corrected chi connectivity index (χ1v) is 18.3. The van der Waals surface area contributed by atoms with Crippen molar-refractivity contribution in [3.05, 3.63) is 22.2 Å². The molecule has 2 aliphatic heterocycles. The van der Waals surface area contributed by atoms with Crippen molar-refractivity contribution in [1.29, 1.82) is 0 Å². The third-order valence-corrected chi connectivity index (χ3v) is 17.2. The fourth-order valence-corrected chi connectivity index (χ4v) is 6.04. The molecule has 1 N–H and O–H groups in total. The summed E-state index contributed by atoms with van der Waals surface area (Å²) in [6.45, 7) is 23.0. The number of nitrogens with zero attached hydrogens (tertiary/aromatic N) is 3. The van der Waals surface area contributed by atoms with E-state index in [9.17, 15) is 9.59 Å². The van der Waals surface area contributed by atoms with Crippen LogP contribution in [0.2, 0.25) is 36.3 Å². The topological polar surface area (TPSA) is 94.9 Å². The molecule has 3 atom stereocenters. The highest BCUT2D eigenvalue weighted by atomic mass is 28.4. The van der Waals surface area contributed by atoms with Gasteiger partial charge in [0.25, 0.3) is 0 Å². The molecule has 0 saturated carbocycles. The summed E-state index contributed by atoms with van der Waals surface area (Å²) in [5.74, 6) is 0.319. The minimum atomic E-state index is -2.09. The minimum absolute atomic E-state index is 0.0446. The molecule has 0 unspecified atom stereocenters. The summed E-state index contributed by atoms with van der Waals surface area (Å²) in [4.78, 5) is 30.6. The van der Waals surface area contributed by atoms with Gasteiger partial charge in [-0.2, -0.15) is 4.98 Å². The number of ether oxygens (including phenoxy) is 1. The van der Waals surface area contributed by atoms with E-state index >= 15 is 0 Å². The zero-order valence-electron chi connectivity index (χ0n) is 23.3. The summed E-state index contributed by atoms with van der Waals surface area (Å²) in [6.07, 6.45) is 1.32. The van der Waals surface area contributed by atoms with Crippen molar-refractivity contribution in [3.63, 3.8) is 0 Å². The van der Waals surface area contributed by atoms with E-state index in [1.54, 1.807) is 22.7 Å². The van der Waals surface area contributed by atoms with Crippen molar-refractivity contribution in [2.24, 2.45) is 0 Å². The Morgan fingerprint density at radius 2 is 1.69 bits per heavy atom. The van der Waals surface area contributed by atoms with Crippen LogP contribution >= 0.6 is 0 Å². The number of aromatic nitrogens is 2. The summed E-state index contributed by atoms with van der Waals surface area (Å²) in [5.41, 5.74) is 0.328. The van der Waals surface area contributed by atoms with Crippen molar-refractivity contribution in [3.8, 4) is 0 Å². The Bertz CT molecular complexity index is 1010. The number of carbonyl (C=O) groups excluding carboxylic acids is 1.